The Morgan fingerprint density at radius 2 is 1.81 bits per heavy atom. The zero-order chi connectivity index (χ0) is 22.8. The van der Waals surface area contributed by atoms with Gasteiger partial charge in [0.2, 0.25) is 0 Å². The Morgan fingerprint density at radius 1 is 1.06 bits per heavy atom. The van der Waals surface area contributed by atoms with Crippen molar-refractivity contribution in [3.05, 3.63) is 59.7 Å². The number of para-hydroxylation sites is 1. The van der Waals surface area contributed by atoms with Crippen molar-refractivity contribution in [1.82, 2.24) is 0 Å². The van der Waals surface area contributed by atoms with Gasteiger partial charge in [0.1, 0.15) is 0 Å². The molecule has 0 bridgehead atoms. The van der Waals surface area contributed by atoms with Crippen molar-refractivity contribution in [2.75, 3.05) is 19.0 Å². The Kier molecular flexibility index (Phi) is 9.13. The minimum absolute atomic E-state index is 0.309. The second-order valence-electron chi connectivity index (χ2n) is 7.14. The number of methoxy groups -OCH3 is 1. The summed E-state index contributed by atoms with van der Waals surface area (Å²) in [4.78, 5) is 24.7. The molecule has 0 heterocycles. The number of esters is 1. The fourth-order valence-electron chi connectivity index (χ4n) is 2.99. The van der Waals surface area contributed by atoms with E-state index in [2.05, 4.69) is 19.2 Å². The van der Waals surface area contributed by atoms with Crippen molar-refractivity contribution in [3.63, 3.8) is 0 Å². The van der Waals surface area contributed by atoms with Gasteiger partial charge < -0.3 is 19.5 Å². The number of rotatable bonds is 10. The van der Waals surface area contributed by atoms with Gasteiger partial charge in [0.05, 0.1) is 13.7 Å². The highest BCUT2D eigenvalue weighted by atomic mass is 16.5. The van der Waals surface area contributed by atoms with Crippen molar-refractivity contribution in [2.24, 2.45) is 0 Å². The number of hydrogen-bond donors (Lipinski definition) is 1. The first-order chi connectivity index (χ1) is 14.9. The van der Waals surface area contributed by atoms with E-state index in [1.165, 1.54) is 6.08 Å². The molecule has 0 fully saturated rings. The van der Waals surface area contributed by atoms with Crippen LogP contribution < -0.4 is 14.8 Å². The van der Waals surface area contributed by atoms with Crippen molar-refractivity contribution >= 4 is 23.6 Å². The van der Waals surface area contributed by atoms with Gasteiger partial charge in [0.15, 0.2) is 17.6 Å². The van der Waals surface area contributed by atoms with Crippen molar-refractivity contribution in [1.29, 1.82) is 0 Å². The Morgan fingerprint density at radius 3 is 2.48 bits per heavy atom. The van der Waals surface area contributed by atoms with E-state index in [9.17, 15) is 9.59 Å². The summed E-state index contributed by atoms with van der Waals surface area (Å²) in [5, 5.41) is 2.87. The van der Waals surface area contributed by atoms with E-state index in [-0.39, 0.29) is 5.91 Å². The first kappa shape index (κ1) is 24.0. The minimum Gasteiger partial charge on any atom is -0.493 e. The highest BCUT2D eigenvalue weighted by Gasteiger charge is 2.19. The second-order valence-corrected chi connectivity index (χ2v) is 7.14. The summed E-state index contributed by atoms with van der Waals surface area (Å²) in [6.45, 7) is 8.17. The Hall–Kier alpha value is -3.28. The van der Waals surface area contributed by atoms with E-state index in [1.54, 1.807) is 38.3 Å². The third-order valence-electron chi connectivity index (χ3n) is 4.92. The number of amides is 1. The first-order valence-electron chi connectivity index (χ1n) is 10.5. The molecule has 166 valence electrons. The van der Waals surface area contributed by atoms with Crippen LogP contribution in [0, 0.1) is 0 Å². The third-order valence-corrected chi connectivity index (χ3v) is 4.92. The molecule has 6 nitrogen and oxygen atoms in total. The lowest BCUT2D eigenvalue weighted by Gasteiger charge is -2.17. The maximum Gasteiger partial charge on any atom is 0.331 e. The SMILES string of the molecule is CCOc1ccc(/C=C/C(=O)O[C@@H](C)C(=O)Nc2ccccc2[C@@H](C)CC)cc1OC. The van der Waals surface area contributed by atoms with E-state index >= 15 is 0 Å². The van der Waals surface area contributed by atoms with Crippen LogP contribution >= 0.6 is 0 Å². The van der Waals surface area contributed by atoms with E-state index in [4.69, 9.17) is 14.2 Å². The van der Waals surface area contributed by atoms with E-state index < -0.39 is 12.1 Å². The van der Waals surface area contributed by atoms with Crippen molar-refractivity contribution in [3.8, 4) is 11.5 Å². The molecule has 1 amide bonds. The fraction of sp³-hybridized carbons (Fsp3) is 0.360. The van der Waals surface area contributed by atoms with Crippen LogP contribution in [0.15, 0.2) is 48.5 Å². The standard InChI is InChI=1S/C25H31NO5/c1-6-17(3)20-10-8-9-11-21(20)26-25(28)18(4)31-24(27)15-13-19-12-14-22(30-7-2)23(16-19)29-5/h8-18H,6-7H2,1-5H3,(H,26,28)/b15-13+/t17-,18-/m0/s1. The average molecular weight is 426 g/mol. The predicted octanol–water partition coefficient (Wildman–Crippen LogP) is 5.19. The average Bonchev–Trinajstić information content (AvgIpc) is 2.78. The van der Waals surface area contributed by atoms with Crippen LogP contribution in [0.25, 0.3) is 6.08 Å². The monoisotopic (exact) mass is 425 g/mol. The molecule has 0 aliphatic rings. The molecule has 2 aromatic rings. The molecule has 0 saturated carbocycles. The van der Waals surface area contributed by atoms with Crippen LogP contribution in [0.1, 0.15) is 51.2 Å². The summed E-state index contributed by atoms with van der Waals surface area (Å²) in [5.74, 6) is 0.534. The third kappa shape index (κ3) is 6.88. The van der Waals surface area contributed by atoms with Crippen molar-refractivity contribution < 1.29 is 23.8 Å². The normalized spacial score (nSPS) is 12.8. The molecule has 6 heteroatoms. The first-order valence-corrected chi connectivity index (χ1v) is 10.5. The Labute approximate surface area is 184 Å². The zero-order valence-electron chi connectivity index (χ0n) is 18.8. The lowest BCUT2D eigenvalue weighted by molar-refractivity contribution is -0.148. The molecule has 0 spiro atoms. The second kappa shape index (κ2) is 11.8. The number of hydrogen-bond acceptors (Lipinski definition) is 5. The summed E-state index contributed by atoms with van der Waals surface area (Å²) in [5.41, 5.74) is 2.54. The lowest BCUT2D eigenvalue weighted by Crippen LogP contribution is -2.29. The lowest BCUT2D eigenvalue weighted by atomic mass is 9.97. The van der Waals surface area contributed by atoms with Gasteiger partial charge in [-0.2, -0.15) is 0 Å². The molecular weight excluding hydrogens is 394 g/mol. The van der Waals surface area contributed by atoms with Crippen LogP contribution in [-0.4, -0.2) is 31.7 Å². The van der Waals surface area contributed by atoms with Crippen LogP contribution in [0.2, 0.25) is 0 Å². The zero-order valence-corrected chi connectivity index (χ0v) is 18.8. The van der Waals surface area contributed by atoms with Crippen LogP contribution in [0.4, 0.5) is 5.69 Å². The number of carbonyl (C=O) groups excluding carboxylic acids is 2. The fourth-order valence-corrected chi connectivity index (χ4v) is 2.99. The summed E-state index contributed by atoms with van der Waals surface area (Å²) in [7, 11) is 1.55. The highest BCUT2D eigenvalue weighted by Crippen LogP contribution is 2.29. The molecule has 2 atom stereocenters. The van der Waals surface area contributed by atoms with Gasteiger partial charge in [-0.1, -0.05) is 38.1 Å². The smallest absolute Gasteiger partial charge is 0.331 e. The molecule has 0 aromatic heterocycles. The van der Waals surface area contributed by atoms with Crippen LogP contribution in [0.3, 0.4) is 0 Å². The number of nitrogens with one attached hydrogen (secondary N) is 1. The summed E-state index contributed by atoms with van der Waals surface area (Å²) in [6, 6.07) is 13.0. The molecule has 31 heavy (non-hydrogen) atoms. The van der Waals surface area contributed by atoms with E-state index in [0.29, 0.717) is 24.0 Å². The number of anilines is 1. The molecule has 0 aliphatic heterocycles. The number of benzene rings is 2. The summed E-state index contributed by atoms with van der Waals surface area (Å²) < 4.78 is 16.0. The molecule has 2 aromatic carbocycles. The van der Waals surface area contributed by atoms with E-state index in [1.807, 2.05) is 31.2 Å². The van der Waals surface area contributed by atoms with Crippen LogP contribution in [-0.2, 0) is 14.3 Å². The van der Waals surface area contributed by atoms with Gasteiger partial charge in [-0.25, -0.2) is 4.79 Å². The molecule has 0 unspecified atom stereocenters. The largest absolute Gasteiger partial charge is 0.493 e. The predicted molar refractivity (Wildman–Crippen MR) is 123 cm³/mol. The Bertz CT molecular complexity index is 922. The van der Waals surface area contributed by atoms with Crippen LogP contribution in [0.5, 0.6) is 11.5 Å². The maximum absolute atomic E-state index is 12.5. The van der Waals surface area contributed by atoms with Gasteiger partial charge in [0, 0.05) is 11.8 Å². The van der Waals surface area contributed by atoms with E-state index in [0.717, 1.165) is 23.2 Å². The van der Waals surface area contributed by atoms with Gasteiger partial charge >= 0.3 is 5.97 Å². The maximum atomic E-state index is 12.5. The van der Waals surface area contributed by atoms with Gasteiger partial charge in [0.25, 0.3) is 5.91 Å². The van der Waals surface area contributed by atoms with Crippen molar-refractivity contribution in [2.45, 2.75) is 46.1 Å². The van der Waals surface area contributed by atoms with Gasteiger partial charge in [-0.3, -0.25) is 4.79 Å². The number of carbonyl (C=O) groups is 2. The molecule has 0 radical (unpaired) electrons. The number of ether oxygens (including phenoxy) is 3. The Balaban J connectivity index is 1.99. The summed E-state index contributed by atoms with van der Waals surface area (Å²) >= 11 is 0. The highest BCUT2D eigenvalue weighted by molar-refractivity contribution is 5.97. The topological polar surface area (TPSA) is 73.9 Å². The molecule has 0 aliphatic carbocycles. The molecule has 1 N–H and O–H groups in total. The summed E-state index contributed by atoms with van der Waals surface area (Å²) in [6.07, 6.45) is 2.91. The van der Waals surface area contributed by atoms with Gasteiger partial charge in [-0.15, -0.1) is 0 Å². The van der Waals surface area contributed by atoms with Gasteiger partial charge in [-0.05, 0) is 61.6 Å². The minimum atomic E-state index is -0.933. The molecule has 2 rings (SSSR count). The molecule has 0 saturated heterocycles. The molecular formula is C25H31NO5. The quantitative estimate of drug-likeness (QED) is 0.419.